The minimum absolute atomic E-state index is 0.0847. The van der Waals surface area contributed by atoms with E-state index >= 15 is 0 Å². The first kappa shape index (κ1) is 17.8. The minimum atomic E-state index is -0.425. The summed E-state index contributed by atoms with van der Waals surface area (Å²) in [4.78, 5) is 18.1. The molecule has 1 saturated heterocycles. The fraction of sp³-hybridized carbons (Fsp3) is 0.444. The van der Waals surface area contributed by atoms with E-state index in [-0.39, 0.29) is 11.9 Å². The lowest BCUT2D eigenvalue weighted by molar-refractivity contribution is -0.134. The average Bonchev–Trinajstić information content (AvgIpc) is 3.04. The third kappa shape index (κ3) is 4.18. The summed E-state index contributed by atoms with van der Waals surface area (Å²) in [5, 5.41) is 7.14. The maximum Gasteiger partial charge on any atom is 0.250 e. The highest BCUT2D eigenvalue weighted by atomic mass is 32.1. The van der Waals surface area contributed by atoms with Gasteiger partial charge in [-0.15, -0.1) is 11.3 Å². The summed E-state index contributed by atoms with van der Waals surface area (Å²) < 4.78 is 10.7. The molecule has 0 radical (unpaired) electrons. The maximum absolute atomic E-state index is 12.3. The number of carbonyl (C=O) groups excluding carboxylic acids is 1. The number of hydrogen-bond acceptors (Lipinski definition) is 6. The van der Waals surface area contributed by atoms with Gasteiger partial charge in [-0.1, -0.05) is 0 Å². The molecule has 0 saturated carbocycles. The van der Waals surface area contributed by atoms with Crippen LogP contribution in [0.15, 0.2) is 24.3 Å². The lowest BCUT2D eigenvalue weighted by Gasteiger charge is -2.24. The molecule has 0 bridgehead atoms. The zero-order valence-electron chi connectivity index (χ0n) is 14.7. The number of methoxy groups -OCH3 is 1. The minimum Gasteiger partial charge on any atom is -0.497 e. The molecule has 25 heavy (non-hydrogen) atoms. The van der Waals surface area contributed by atoms with Crippen molar-refractivity contribution < 1.29 is 14.3 Å². The maximum atomic E-state index is 12.3. The molecule has 0 aliphatic carbocycles. The summed E-state index contributed by atoms with van der Waals surface area (Å²) in [7, 11) is 1.65. The Kier molecular flexibility index (Phi) is 5.67. The third-order valence-corrected chi connectivity index (χ3v) is 5.53. The van der Waals surface area contributed by atoms with Crippen LogP contribution in [-0.4, -0.2) is 43.8 Å². The van der Waals surface area contributed by atoms with Gasteiger partial charge in [0.05, 0.1) is 30.3 Å². The van der Waals surface area contributed by atoms with Gasteiger partial charge in [-0.2, -0.15) is 0 Å². The summed E-state index contributed by atoms with van der Waals surface area (Å²) >= 11 is 1.60. The van der Waals surface area contributed by atoms with E-state index in [1.807, 2.05) is 38.1 Å². The topological polar surface area (TPSA) is 72.5 Å². The molecular weight excluding hydrogens is 338 g/mol. The normalized spacial score (nSPS) is 18.6. The van der Waals surface area contributed by atoms with Crippen molar-refractivity contribution >= 4 is 17.2 Å². The molecule has 2 N–H and O–H groups in total. The Balaban J connectivity index is 1.71. The molecule has 6 nitrogen and oxygen atoms in total. The van der Waals surface area contributed by atoms with Crippen LogP contribution in [0, 0.1) is 6.92 Å². The van der Waals surface area contributed by atoms with Crippen molar-refractivity contribution in [2.75, 3.05) is 26.8 Å². The lowest BCUT2D eigenvalue weighted by Crippen LogP contribution is -2.48. The van der Waals surface area contributed by atoms with E-state index in [1.54, 1.807) is 18.4 Å². The number of benzene rings is 1. The fourth-order valence-corrected chi connectivity index (χ4v) is 3.85. The number of aryl methyl sites for hydroxylation is 1. The van der Waals surface area contributed by atoms with Crippen LogP contribution in [0.5, 0.6) is 5.75 Å². The first-order valence-electron chi connectivity index (χ1n) is 8.33. The molecular formula is C18H23N3O3S. The van der Waals surface area contributed by atoms with Gasteiger partial charge in [0.25, 0.3) is 5.91 Å². The van der Waals surface area contributed by atoms with Crippen LogP contribution in [0.3, 0.4) is 0 Å². The molecule has 2 heterocycles. The van der Waals surface area contributed by atoms with Gasteiger partial charge in [0.1, 0.15) is 16.9 Å². The predicted molar refractivity (Wildman–Crippen MR) is 98.0 cm³/mol. The fourth-order valence-electron chi connectivity index (χ4n) is 2.77. The summed E-state index contributed by atoms with van der Waals surface area (Å²) in [6, 6.07) is 7.72. The Bertz CT molecular complexity index is 724. The molecule has 1 aromatic heterocycles. The smallest absolute Gasteiger partial charge is 0.250 e. The first-order valence-corrected chi connectivity index (χ1v) is 9.14. The van der Waals surface area contributed by atoms with Crippen LogP contribution in [0.25, 0.3) is 10.6 Å². The zero-order chi connectivity index (χ0) is 17.8. The number of nitrogens with zero attached hydrogens (tertiary/aromatic N) is 1. The van der Waals surface area contributed by atoms with E-state index in [0.29, 0.717) is 13.2 Å². The number of ether oxygens (including phenoxy) is 2. The number of hydrogen-bond donors (Lipinski definition) is 2. The number of thiazole rings is 1. The monoisotopic (exact) mass is 361 g/mol. The van der Waals surface area contributed by atoms with Crippen LogP contribution in [0.1, 0.15) is 23.5 Å². The number of nitrogens with one attached hydrogen (secondary N) is 2. The number of morpholine rings is 1. The zero-order valence-corrected chi connectivity index (χ0v) is 15.5. The van der Waals surface area contributed by atoms with Gasteiger partial charge in [0.15, 0.2) is 0 Å². The average molecular weight is 361 g/mol. The van der Waals surface area contributed by atoms with Crippen molar-refractivity contribution in [2.24, 2.45) is 0 Å². The summed E-state index contributed by atoms with van der Waals surface area (Å²) in [6.45, 7) is 5.86. The quantitative estimate of drug-likeness (QED) is 0.855. The second-order valence-electron chi connectivity index (χ2n) is 5.99. The van der Waals surface area contributed by atoms with Crippen molar-refractivity contribution in [3.05, 3.63) is 34.8 Å². The van der Waals surface area contributed by atoms with E-state index in [9.17, 15) is 4.79 Å². The molecule has 2 atom stereocenters. The second-order valence-corrected chi connectivity index (χ2v) is 7.02. The number of carbonyl (C=O) groups is 1. The van der Waals surface area contributed by atoms with Gasteiger partial charge in [-0.3, -0.25) is 4.79 Å². The third-order valence-electron chi connectivity index (χ3n) is 4.14. The van der Waals surface area contributed by atoms with Crippen molar-refractivity contribution in [3.8, 4) is 16.3 Å². The van der Waals surface area contributed by atoms with Crippen molar-refractivity contribution in [3.63, 3.8) is 0 Å². The Hall–Kier alpha value is -1.96. The van der Waals surface area contributed by atoms with Gasteiger partial charge in [0.2, 0.25) is 0 Å². The Morgan fingerprint density at radius 2 is 2.20 bits per heavy atom. The molecule has 1 fully saturated rings. The Labute approximate surface area is 151 Å². The number of amides is 1. The molecule has 2 aromatic rings. The van der Waals surface area contributed by atoms with Crippen LogP contribution in [0.2, 0.25) is 0 Å². The highest BCUT2D eigenvalue weighted by molar-refractivity contribution is 7.15. The molecule has 7 heteroatoms. The van der Waals surface area contributed by atoms with Crippen LogP contribution in [-0.2, 0) is 9.53 Å². The first-order chi connectivity index (χ1) is 12.1. The highest BCUT2D eigenvalue weighted by Crippen LogP contribution is 2.32. The van der Waals surface area contributed by atoms with E-state index in [0.717, 1.165) is 33.4 Å². The molecule has 1 aromatic carbocycles. The molecule has 3 rings (SSSR count). The van der Waals surface area contributed by atoms with E-state index < -0.39 is 6.10 Å². The molecule has 0 spiro atoms. The van der Waals surface area contributed by atoms with Gasteiger partial charge in [0, 0.05) is 18.7 Å². The van der Waals surface area contributed by atoms with E-state index in [2.05, 4.69) is 15.6 Å². The van der Waals surface area contributed by atoms with Crippen LogP contribution >= 0.6 is 11.3 Å². The van der Waals surface area contributed by atoms with Crippen molar-refractivity contribution in [1.82, 2.24) is 15.6 Å². The second kappa shape index (κ2) is 7.95. The van der Waals surface area contributed by atoms with E-state index in [1.165, 1.54) is 0 Å². The van der Waals surface area contributed by atoms with Crippen LogP contribution < -0.4 is 15.4 Å². The summed E-state index contributed by atoms with van der Waals surface area (Å²) in [6.07, 6.45) is -0.425. The van der Waals surface area contributed by atoms with Crippen LogP contribution in [0.4, 0.5) is 0 Å². The van der Waals surface area contributed by atoms with Gasteiger partial charge >= 0.3 is 0 Å². The summed E-state index contributed by atoms with van der Waals surface area (Å²) in [5.41, 5.74) is 1.98. The lowest BCUT2D eigenvalue weighted by atomic mass is 10.2. The molecule has 134 valence electrons. The highest BCUT2D eigenvalue weighted by Gasteiger charge is 2.24. The molecule has 1 amide bonds. The predicted octanol–water partition coefficient (Wildman–Crippen LogP) is 2.29. The van der Waals surface area contributed by atoms with Gasteiger partial charge < -0.3 is 20.1 Å². The standard InChI is InChI=1S/C18H23N3O3S/c1-11(20-17(22)15-10-19-8-9-24-15)16-12(2)21-18(25-16)13-4-6-14(23-3)7-5-13/h4-7,11,15,19H,8-10H2,1-3H3,(H,20,22). The van der Waals surface area contributed by atoms with Gasteiger partial charge in [-0.25, -0.2) is 4.98 Å². The van der Waals surface area contributed by atoms with E-state index in [4.69, 9.17) is 9.47 Å². The van der Waals surface area contributed by atoms with Gasteiger partial charge in [-0.05, 0) is 38.1 Å². The SMILES string of the molecule is COc1ccc(-c2nc(C)c(C(C)NC(=O)C3CNCCO3)s2)cc1. The molecule has 1 aliphatic rings. The Morgan fingerprint density at radius 3 is 2.84 bits per heavy atom. The van der Waals surface area contributed by atoms with Crippen molar-refractivity contribution in [2.45, 2.75) is 26.0 Å². The number of rotatable bonds is 5. The van der Waals surface area contributed by atoms with Crippen molar-refractivity contribution in [1.29, 1.82) is 0 Å². The largest absolute Gasteiger partial charge is 0.497 e. The molecule has 2 unspecified atom stereocenters. The molecule has 1 aliphatic heterocycles. The summed E-state index contributed by atoms with van der Waals surface area (Å²) in [5.74, 6) is 0.734. The number of aromatic nitrogens is 1. The Morgan fingerprint density at radius 1 is 1.44 bits per heavy atom.